The Kier molecular flexibility index (Phi) is 3.98. The summed E-state index contributed by atoms with van der Waals surface area (Å²) in [5.41, 5.74) is 1.18. The molecule has 94 valence electrons. The van der Waals surface area contributed by atoms with E-state index in [0.29, 0.717) is 10.3 Å². The van der Waals surface area contributed by atoms with Crippen molar-refractivity contribution < 1.29 is 8.42 Å². The number of nitrogens with one attached hydrogen (secondary N) is 1. The molecule has 2 aromatic rings. The van der Waals surface area contributed by atoms with Gasteiger partial charge in [-0.1, -0.05) is 30.3 Å². The molecule has 0 aliphatic heterocycles. The van der Waals surface area contributed by atoms with Crippen molar-refractivity contribution in [1.82, 2.24) is 4.98 Å². The minimum atomic E-state index is -3.43. The number of rotatable bonds is 4. The zero-order valence-corrected chi connectivity index (χ0v) is 11.8. The van der Waals surface area contributed by atoms with Gasteiger partial charge in [-0.2, -0.15) is 0 Å². The van der Waals surface area contributed by atoms with E-state index in [2.05, 4.69) is 25.6 Å². The van der Waals surface area contributed by atoms with Gasteiger partial charge >= 0.3 is 0 Å². The maximum atomic E-state index is 12.0. The molecular formula is C12H11BrN2O2S. The Bertz CT molecular complexity index is 630. The first-order valence-electron chi connectivity index (χ1n) is 5.22. The molecule has 1 heterocycles. The Balaban J connectivity index is 2.16. The molecule has 0 bridgehead atoms. The summed E-state index contributed by atoms with van der Waals surface area (Å²) in [6.45, 7) is 0. The van der Waals surface area contributed by atoms with Crippen LogP contribution in [0.25, 0.3) is 0 Å². The molecule has 0 unspecified atom stereocenters. The number of pyridine rings is 1. The molecule has 0 amide bonds. The molecule has 4 nitrogen and oxygen atoms in total. The van der Waals surface area contributed by atoms with Crippen molar-refractivity contribution in [3.63, 3.8) is 0 Å². The van der Waals surface area contributed by atoms with Crippen LogP contribution in [0.15, 0.2) is 53.3 Å². The zero-order chi connectivity index (χ0) is 13.0. The molecule has 0 atom stereocenters. The zero-order valence-electron chi connectivity index (χ0n) is 9.38. The van der Waals surface area contributed by atoms with Crippen LogP contribution in [-0.4, -0.2) is 13.4 Å². The van der Waals surface area contributed by atoms with Crippen LogP contribution in [0.4, 0.5) is 5.69 Å². The molecule has 0 spiro atoms. The average Bonchev–Trinajstić information content (AvgIpc) is 2.32. The van der Waals surface area contributed by atoms with Gasteiger partial charge in [-0.15, -0.1) is 0 Å². The van der Waals surface area contributed by atoms with Crippen molar-refractivity contribution in [2.75, 3.05) is 4.72 Å². The smallest absolute Gasteiger partial charge is 0.237 e. The number of nitrogens with zero attached hydrogens (tertiary/aromatic N) is 1. The summed E-state index contributed by atoms with van der Waals surface area (Å²) >= 11 is 3.20. The molecular weight excluding hydrogens is 316 g/mol. The molecule has 1 aromatic heterocycles. The van der Waals surface area contributed by atoms with Gasteiger partial charge in [-0.05, 0) is 33.6 Å². The minimum absolute atomic E-state index is 0.0603. The lowest BCUT2D eigenvalue weighted by Gasteiger charge is -2.08. The van der Waals surface area contributed by atoms with E-state index in [1.165, 1.54) is 0 Å². The fraction of sp³-hybridized carbons (Fsp3) is 0.0833. The van der Waals surface area contributed by atoms with E-state index < -0.39 is 10.0 Å². The van der Waals surface area contributed by atoms with Crippen LogP contribution in [0, 0.1) is 0 Å². The molecule has 0 radical (unpaired) electrons. The van der Waals surface area contributed by atoms with E-state index >= 15 is 0 Å². The number of aromatic nitrogens is 1. The Labute approximate surface area is 114 Å². The first kappa shape index (κ1) is 13.0. The highest BCUT2D eigenvalue weighted by atomic mass is 79.9. The second kappa shape index (κ2) is 5.49. The molecule has 1 N–H and O–H groups in total. The normalized spacial score (nSPS) is 11.2. The van der Waals surface area contributed by atoms with Crippen LogP contribution in [-0.2, 0) is 15.8 Å². The first-order valence-corrected chi connectivity index (χ1v) is 7.66. The summed E-state index contributed by atoms with van der Waals surface area (Å²) in [5.74, 6) is -0.0603. The van der Waals surface area contributed by atoms with Gasteiger partial charge in [0.25, 0.3) is 0 Å². The number of halogens is 1. The van der Waals surface area contributed by atoms with Crippen LogP contribution in [0.3, 0.4) is 0 Å². The van der Waals surface area contributed by atoms with Crippen molar-refractivity contribution >= 4 is 31.6 Å². The van der Waals surface area contributed by atoms with Crippen LogP contribution < -0.4 is 4.72 Å². The molecule has 0 aliphatic carbocycles. The van der Waals surface area contributed by atoms with E-state index in [1.54, 1.807) is 30.5 Å². The number of hydrogen-bond donors (Lipinski definition) is 1. The number of anilines is 1. The maximum Gasteiger partial charge on any atom is 0.237 e. The predicted octanol–water partition coefficient (Wildman–Crippen LogP) is 2.79. The van der Waals surface area contributed by atoms with Crippen LogP contribution >= 0.6 is 15.9 Å². The van der Waals surface area contributed by atoms with Gasteiger partial charge in [-0.25, -0.2) is 13.4 Å². The summed E-state index contributed by atoms with van der Waals surface area (Å²) < 4.78 is 26.9. The summed E-state index contributed by atoms with van der Waals surface area (Å²) in [5, 5.41) is 0. The SMILES string of the molecule is O=S(=O)(Cc1ccccc1)Nc1cccnc1Br. The minimum Gasteiger partial charge on any atom is -0.281 e. The van der Waals surface area contributed by atoms with E-state index in [9.17, 15) is 8.42 Å². The molecule has 6 heteroatoms. The Morgan fingerprint density at radius 3 is 2.50 bits per heavy atom. The van der Waals surface area contributed by atoms with Gasteiger partial charge in [0.2, 0.25) is 10.0 Å². The molecule has 0 fully saturated rings. The quantitative estimate of drug-likeness (QED) is 0.879. The average molecular weight is 327 g/mol. The number of benzene rings is 1. The number of sulfonamides is 1. The van der Waals surface area contributed by atoms with Crippen molar-refractivity contribution in [2.24, 2.45) is 0 Å². The van der Waals surface area contributed by atoms with Gasteiger partial charge in [0, 0.05) is 6.20 Å². The standard InChI is InChI=1S/C12H11BrN2O2S/c13-12-11(7-4-8-14-12)15-18(16,17)9-10-5-2-1-3-6-10/h1-8,15H,9H2. The van der Waals surface area contributed by atoms with Crippen LogP contribution in [0.1, 0.15) is 5.56 Å². The second-order valence-corrected chi connectivity index (χ2v) is 6.16. The number of hydrogen-bond acceptors (Lipinski definition) is 3. The highest BCUT2D eigenvalue weighted by molar-refractivity contribution is 9.10. The highest BCUT2D eigenvalue weighted by Gasteiger charge is 2.13. The maximum absolute atomic E-state index is 12.0. The van der Waals surface area contributed by atoms with Crippen molar-refractivity contribution in [3.05, 3.63) is 58.8 Å². The summed E-state index contributed by atoms with van der Waals surface area (Å²) in [6.07, 6.45) is 1.58. The summed E-state index contributed by atoms with van der Waals surface area (Å²) in [7, 11) is -3.43. The van der Waals surface area contributed by atoms with Crippen molar-refractivity contribution in [3.8, 4) is 0 Å². The molecule has 18 heavy (non-hydrogen) atoms. The third-order valence-corrected chi connectivity index (χ3v) is 4.10. The molecule has 0 aliphatic rings. The highest BCUT2D eigenvalue weighted by Crippen LogP contribution is 2.20. The fourth-order valence-electron chi connectivity index (χ4n) is 1.46. The third-order valence-electron chi connectivity index (χ3n) is 2.22. The largest absolute Gasteiger partial charge is 0.281 e. The van der Waals surface area contributed by atoms with Gasteiger partial charge in [-0.3, -0.25) is 4.72 Å². The second-order valence-electron chi connectivity index (χ2n) is 3.69. The van der Waals surface area contributed by atoms with Crippen molar-refractivity contribution in [2.45, 2.75) is 5.75 Å². The monoisotopic (exact) mass is 326 g/mol. The lowest BCUT2D eigenvalue weighted by molar-refractivity contribution is 0.600. The van der Waals surface area contributed by atoms with E-state index in [-0.39, 0.29) is 5.75 Å². The molecule has 2 rings (SSSR count). The third kappa shape index (κ3) is 3.54. The van der Waals surface area contributed by atoms with Crippen LogP contribution in [0.2, 0.25) is 0 Å². The molecule has 1 aromatic carbocycles. The van der Waals surface area contributed by atoms with E-state index in [1.807, 2.05) is 18.2 Å². The van der Waals surface area contributed by atoms with Gasteiger partial charge < -0.3 is 0 Å². The Hall–Kier alpha value is -1.40. The van der Waals surface area contributed by atoms with Crippen LogP contribution in [0.5, 0.6) is 0 Å². The lowest BCUT2D eigenvalue weighted by Crippen LogP contribution is -2.15. The van der Waals surface area contributed by atoms with E-state index in [4.69, 9.17) is 0 Å². The predicted molar refractivity (Wildman–Crippen MR) is 74.6 cm³/mol. The molecule has 0 saturated carbocycles. The Morgan fingerprint density at radius 1 is 1.11 bits per heavy atom. The van der Waals surface area contributed by atoms with Gasteiger partial charge in [0.15, 0.2) is 0 Å². The summed E-state index contributed by atoms with van der Waals surface area (Å²) in [4.78, 5) is 3.96. The topological polar surface area (TPSA) is 59.1 Å². The molecule has 0 saturated heterocycles. The van der Waals surface area contributed by atoms with Gasteiger partial charge in [0.1, 0.15) is 4.60 Å². The van der Waals surface area contributed by atoms with Crippen molar-refractivity contribution in [1.29, 1.82) is 0 Å². The summed E-state index contributed by atoms with van der Waals surface area (Å²) in [6, 6.07) is 12.3. The Morgan fingerprint density at radius 2 is 1.83 bits per heavy atom. The van der Waals surface area contributed by atoms with E-state index in [0.717, 1.165) is 5.56 Å². The van der Waals surface area contributed by atoms with Gasteiger partial charge in [0.05, 0.1) is 11.4 Å². The first-order chi connectivity index (χ1) is 8.57. The fourth-order valence-corrected chi connectivity index (χ4v) is 3.14. The lowest BCUT2D eigenvalue weighted by atomic mass is 10.2.